The molecule has 0 bridgehead atoms. The van der Waals surface area contributed by atoms with E-state index in [-0.39, 0.29) is 5.56 Å². The van der Waals surface area contributed by atoms with Gasteiger partial charge in [-0.25, -0.2) is 4.39 Å². The first-order chi connectivity index (χ1) is 15.4. The van der Waals surface area contributed by atoms with Crippen LogP contribution in [-0.2, 0) is 11.8 Å². The van der Waals surface area contributed by atoms with Gasteiger partial charge in [-0.3, -0.25) is 4.79 Å². The van der Waals surface area contributed by atoms with Crippen LogP contribution in [0, 0.1) is 5.82 Å². The lowest BCUT2D eigenvalue weighted by Gasteiger charge is -2.38. The topological polar surface area (TPSA) is 74.4 Å². The number of aliphatic hydroxyl groups is 1. The number of benzene rings is 2. The molecule has 176 valence electrons. The van der Waals surface area contributed by atoms with E-state index in [4.69, 9.17) is 4.74 Å². The zero-order valence-corrected chi connectivity index (χ0v) is 18.1. The predicted molar refractivity (Wildman–Crippen MR) is 117 cm³/mol. The number of nitrogens with one attached hydrogen (secondary N) is 2. The molecule has 1 aliphatic heterocycles. The molecule has 1 aliphatic rings. The van der Waals surface area contributed by atoms with E-state index in [0.29, 0.717) is 46.5 Å². The van der Waals surface area contributed by atoms with Gasteiger partial charge in [-0.05, 0) is 42.2 Å². The van der Waals surface area contributed by atoms with Crippen LogP contribution in [0.4, 0.5) is 23.2 Å². The minimum Gasteiger partial charge on any atom is -0.493 e. The Hall–Kier alpha value is -3.07. The van der Waals surface area contributed by atoms with Crippen molar-refractivity contribution in [1.82, 2.24) is 4.98 Å². The maximum absolute atomic E-state index is 14.2. The monoisotopic (exact) mass is 464 g/mol. The number of aromatic nitrogens is 1. The number of pyridine rings is 1. The molecule has 2 aromatic carbocycles. The molecule has 0 fully saturated rings. The number of fused-ring (bicyclic) bond motifs is 2. The van der Waals surface area contributed by atoms with Crippen LogP contribution in [-0.4, -0.2) is 35.0 Å². The molecule has 1 atom stereocenters. The van der Waals surface area contributed by atoms with Gasteiger partial charge in [0.2, 0.25) is 5.56 Å². The molecule has 2 heterocycles. The summed E-state index contributed by atoms with van der Waals surface area (Å²) >= 11 is 0. The van der Waals surface area contributed by atoms with Crippen LogP contribution in [0.1, 0.15) is 31.4 Å². The van der Waals surface area contributed by atoms with E-state index in [1.165, 1.54) is 38.1 Å². The number of hydrogen-bond donors (Lipinski definition) is 3. The molecule has 9 heteroatoms. The van der Waals surface area contributed by atoms with Gasteiger partial charge in [-0.2, -0.15) is 13.2 Å². The minimum atomic E-state index is -4.96. The predicted octanol–water partition coefficient (Wildman–Crippen LogP) is 4.68. The van der Waals surface area contributed by atoms with Crippen molar-refractivity contribution in [3.63, 3.8) is 0 Å². The van der Waals surface area contributed by atoms with Crippen LogP contribution in [0.3, 0.4) is 0 Å². The first-order valence-electron chi connectivity index (χ1n) is 10.5. The van der Waals surface area contributed by atoms with Gasteiger partial charge in [0, 0.05) is 34.7 Å². The molecule has 0 amide bonds. The Labute approximate surface area is 187 Å². The standard InChI is InChI=1S/C24H24F4N2O3/c1-22(2,17-11-15(25)10-14-8-9-33-21(14)17)12-23(32,24(26,27)28)13-29-18-4-3-5-19-16(18)6-7-20(31)30-19/h3-7,10-11,29,32H,8-9,12-13H2,1-2H3,(H,30,31)/t23-/m0/s1. The number of ether oxygens (including phenoxy) is 1. The molecule has 1 aromatic heterocycles. The Morgan fingerprint density at radius 2 is 1.91 bits per heavy atom. The molecular weight excluding hydrogens is 440 g/mol. The fourth-order valence-corrected chi connectivity index (χ4v) is 4.44. The second-order valence-corrected chi connectivity index (χ2v) is 9.07. The molecule has 0 spiro atoms. The number of H-pyrrole nitrogens is 1. The number of anilines is 1. The fourth-order valence-electron chi connectivity index (χ4n) is 4.44. The normalized spacial score (nSPS) is 15.7. The molecule has 0 saturated heterocycles. The number of rotatable bonds is 6. The lowest BCUT2D eigenvalue weighted by molar-refractivity contribution is -0.260. The minimum absolute atomic E-state index is 0.292. The Morgan fingerprint density at radius 1 is 1.15 bits per heavy atom. The summed E-state index contributed by atoms with van der Waals surface area (Å²) in [6, 6.07) is 10.1. The van der Waals surface area contributed by atoms with Gasteiger partial charge in [-0.15, -0.1) is 0 Å². The summed E-state index contributed by atoms with van der Waals surface area (Å²) < 4.78 is 62.2. The van der Waals surface area contributed by atoms with E-state index in [9.17, 15) is 27.5 Å². The Kier molecular flexibility index (Phi) is 5.64. The quantitative estimate of drug-likeness (QED) is 0.464. The largest absolute Gasteiger partial charge is 0.493 e. The van der Waals surface area contributed by atoms with Crippen molar-refractivity contribution in [2.24, 2.45) is 0 Å². The average Bonchev–Trinajstić information content (AvgIpc) is 3.18. The number of hydrogen-bond acceptors (Lipinski definition) is 4. The van der Waals surface area contributed by atoms with Crippen LogP contribution >= 0.6 is 0 Å². The van der Waals surface area contributed by atoms with Crippen molar-refractivity contribution in [3.8, 4) is 5.75 Å². The molecule has 0 saturated carbocycles. The zero-order valence-electron chi connectivity index (χ0n) is 18.1. The second-order valence-electron chi connectivity index (χ2n) is 9.07. The molecule has 0 aliphatic carbocycles. The highest BCUT2D eigenvalue weighted by Crippen LogP contribution is 2.46. The van der Waals surface area contributed by atoms with Crippen LogP contribution in [0.25, 0.3) is 10.9 Å². The van der Waals surface area contributed by atoms with Crippen molar-refractivity contribution in [1.29, 1.82) is 0 Å². The summed E-state index contributed by atoms with van der Waals surface area (Å²) in [6.07, 6.45) is -5.21. The molecule has 33 heavy (non-hydrogen) atoms. The van der Waals surface area contributed by atoms with E-state index in [1.54, 1.807) is 18.2 Å². The third kappa shape index (κ3) is 4.42. The lowest BCUT2D eigenvalue weighted by atomic mass is 9.74. The molecule has 0 radical (unpaired) electrons. The number of halogens is 4. The first kappa shape index (κ1) is 23.1. The van der Waals surface area contributed by atoms with E-state index in [2.05, 4.69) is 10.3 Å². The second kappa shape index (κ2) is 8.06. The first-order valence-corrected chi connectivity index (χ1v) is 10.5. The van der Waals surface area contributed by atoms with Crippen molar-refractivity contribution < 1.29 is 27.4 Å². The summed E-state index contributed by atoms with van der Waals surface area (Å²) in [6.45, 7) is 2.55. The van der Waals surface area contributed by atoms with Gasteiger partial charge >= 0.3 is 6.18 Å². The fraction of sp³-hybridized carbons (Fsp3) is 0.375. The maximum Gasteiger partial charge on any atom is 0.418 e. The summed E-state index contributed by atoms with van der Waals surface area (Å²) in [7, 11) is 0. The van der Waals surface area contributed by atoms with E-state index < -0.39 is 36.0 Å². The van der Waals surface area contributed by atoms with Gasteiger partial charge in [-0.1, -0.05) is 19.9 Å². The number of alkyl halides is 3. The van der Waals surface area contributed by atoms with Crippen molar-refractivity contribution >= 4 is 16.6 Å². The van der Waals surface area contributed by atoms with Crippen molar-refractivity contribution in [3.05, 3.63) is 69.8 Å². The van der Waals surface area contributed by atoms with Crippen LogP contribution in [0.5, 0.6) is 5.75 Å². The zero-order chi connectivity index (χ0) is 24.0. The molecule has 5 nitrogen and oxygen atoms in total. The SMILES string of the molecule is CC(C)(C[C@](O)(CNc1cccc2[nH]c(=O)ccc12)C(F)(F)F)c1cc(F)cc2c1OCC2. The van der Waals surface area contributed by atoms with Gasteiger partial charge in [0.25, 0.3) is 0 Å². The van der Waals surface area contributed by atoms with Crippen molar-refractivity contribution in [2.45, 2.75) is 43.9 Å². The van der Waals surface area contributed by atoms with Crippen LogP contribution in [0.15, 0.2) is 47.3 Å². The summed E-state index contributed by atoms with van der Waals surface area (Å²) in [5.41, 5.74) is -3.03. The Morgan fingerprint density at radius 3 is 2.64 bits per heavy atom. The van der Waals surface area contributed by atoms with Crippen LogP contribution < -0.4 is 15.6 Å². The van der Waals surface area contributed by atoms with Gasteiger partial charge in [0.15, 0.2) is 5.60 Å². The van der Waals surface area contributed by atoms with Crippen LogP contribution in [0.2, 0.25) is 0 Å². The van der Waals surface area contributed by atoms with E-state index in [1.807, 2.05) is 0 Å². The molecule has 3 aromatic rings. The maximum atomic E-state index is 14.2. The third-order valence-electron chi connectivity index (χ3n) is 6.08. The van der Waals surface area contributed by atoms with Gasteiger partial charge in [0.1, 0.15) is 11.6 Å². The van der Waals surface area contributed by atoms with E-state index in [0.717, 1.165) is 0 Å². The number of aromatic amines is 1. The average molecular weight is 464 g/mol. The Bertz CT molecular complexity index is 1250. The van der Waals surface area contributed by atoms with Gasteiger partial charge < -0.3 is 20.1 Å². The van der Waals surface area contributed by atoms with E-state index >= 15 is 0 Å². The highest BCUT2D eigenvalue weighted by molar-refractivity contribution is 5.91. The summed E-state index contributed by atoms with van der Waals surface area (Å²) in [5, 5.41) is 14.1. The highest BCUT2D eigenvalue weighted by Gasteiger charge is 2.56. The molecular formula is C24H24F4N2O3. The summed E-state index contributed by atoms with van der Waals surface area (Å²) in [5.74, 6) is -0.169. The summed E-state index contributed by atoms with van der Waals surface area (Å²) in [4.78, 5) is 14.2. The smallest absolute Gasteiger partial charge is 0.418 e. The molecule has 0 unspecified atom stereocenters. The molecule has 4 rings (SSSR count). The highest BCUT2D eigenvalue weighted by atomic mass is 19.4. The Balaban J connectivity index is 1.66. The lowest BCUT2D eigenvalue weighted by Crippen LogP contribution is -2.53. The van der Waals surface area contributed by atoms with Crippen molar-refractivity contribution in [2.75, 3.05) is 18.5 Å². The molecule has 3 N–H and O–H groups in total. The van der Waals surface area contributed by atoms with Gasteiger partial charge in [0.05, 0.1) is 18.7 Å². The third-order valence-corrected chi connectivity index (χ3v) is 6.08.